The molecule has 0 aliphatic carbocycles. The van der Waals surface area contributed by atoms with Crippen LogP contribution in [0.1, 0.15) is 6.92 Å². The van der Waals surface area contributed by atoms with E-state index in [1.165, 1.54) is 6.20 Å². The Kier molecular flexibility index (Phi) is 7.87. The maximum atomic E-state index is 11.8. The molecule has 12 heteroatoms. The number of hydrogen-bond donors (Lipinski definition) is 3. The first-order valence-corrected chi connectivity index (χ1v) is 11.8. The van der Waals surface area contributed by atoms with Crippen molar-refractivity contribution in [3.05, 3.63) is 65.4 Å². The van der Waals surface area contributed by atoms with E-state index in [1.54, 1.807) is 37.4 Å². The first-order valence-electron chi connectivity index (χ1n) is 11.1. The summed E-state index contributed by atoms with van der Waals surface area (Å²) < 4.78 is 0. The third-order valence-electron chi connectivity index (χ3n) is 5.43. The number of nitrogens with zero attached hydrogens (tertiary/aromatic N) is 5. The highest BCUT2D eigenvalue weighted by atomic mass is 35.5. The third kappa shape index (κ3) is 6.41. The van der Waals surface area contributed by atoms with Crippen molar-refractivity contribution in [1.29, 1.82) is 0 Å². The molecule has 1 saturated heterocycles. The molecule has 1 aliphatic heterocycles. The van der Waals surface area contributed by atoms with Crippen molar-refractivity contribution < 1.29 is 9.59 Å². The predicted molar refractivity (Wildman–Crippen MR) is 142 cm³/mol. The molecule has 3 N–H and O–H groups in total. The lowest BCUT2D eigenvalue weighted by atomic mass is 10.2. The molecule has 1 aromatic carbocycles. The maximum Gasteiger partial charge on any atom is 0.266 e. The van der Waals surface area contributed by atoms with Gasteiger partial charge in [0.15, 0.2) is 5.82 Å². The number of carbonyl (C=O) groups excluding carboxylic acids is 2. The first kappa shape index (κ1) is 25.2. The van der Waals surface area contributed by atoms with Crippen LogP contribution >= 0.6 is 23.2 Å². The van der Waals surface area contributed by atoms with E-state index < -0.39 is 5.91 Å². The van der Waals surface area contributed by atoms with E-state index in [9.17, 15) is 9.59 Å². The Morgan fingerprint density at radius 2 is 1.72 bits per heavy atom. The zero-order valence-electron chi connectivity index (χ0n) is 19.5. The van der Waals surface area contributed by atoms with Gasteiger partial charge >= 0.3 is 0 Å². The van der Waals surface area contributed by atoms with Gasteiger partial charge in [0.2, 0.25) is 11.9 Å². The van der Waals surface area contributed by atoms with Crippen molar-refractivity contribution >= 4 is 69.7 Å². The highest BCUT2D eigenvalue weighted by Crippen LogP contribution is 2.26. The SMILES string of the molecule is C=C(Cl)C(=O)Nc1cccc(Nc2nc(Nc3ccc(N4CCN(C(C)=O)CC4)nc3)ncc2Cl)c1. The lowest BCUT2D eigenvalue weighted by Crippen LogP contribution is -2.48. The third-order valence-corrected chi connectivity index (χ3v) is 5.87. The van der Waals surface area contributed by atoms with Gasteiger partial charge in [0.1, 0.15) is 10.8 Å². The van der Waals surface area contributed by atoms with Crippen LogP contribution in [0.2, 0.25) is 5.02 Å². The lowest BCUT2D eigenvalue weighted by molar-refractivity contribution is -0.129. The van der Waals surface area contributed by atoms with Gasteiger partial charge in [-0.2, -0.15) is 4.98 Å². The van der Waals surface area contributed by atoms with E-state index in [1.807, 2.05) is 17.0 Å². The summed E-state index contributed by atoms with van der Waals surface area (Å²) in [6.45, 7) is 7.84. The van der Waals surface area contributed by atoms with Gasteiger partial charge in [-0.25, -0.2) is 9.97 Å². The number of hydrogen-bond acceptors (Lipinski definition) is 8. The van der Waals surface area contributed by atoms with E-state index in [2.05, 4.69) is 42.4 Å². The molecule has 0 saturated carbocycles. The Bertz CT molecular complexity index is 1280. The second kappa shape index (κ2) is 11.2. The van der Waals surface area contributed by atoms with Gasteiger partial charge < -0.3 is 25.8 Å². The number of piperazine rings is 1. The summed E-state index contributed by atoms with van der Waals surface area (Å²) in [7, 11) is 0. The van der Waals surface area contributed by atoms with Crippen molar-refractivity contribution in [3.63, 3.8) is 0 Å². The number of anilines is 6. The minimum atomic E-state index is -0.488. The van der Waals surface area contributed by atoms with Crippen molar-refractivity contribution in [1.82, 2.24) is 19.9 Å². The van der Waals surface area contributed by atoms with Crippen LogP contribution in [0.15, 0.2) is 60.4 Å². The second-order valence-electron chi connectivity index (χ2n) is 7.98. The Morgan fingerprint density at radius 1 is 0.972 bits per heavy atom. The van der Waals surface area contributed by atoms with E-state index in [-0.39, 0.29) is 10.9 Å². The van der Waals surface area contributed by atoms with Gasteiger partial charge in [0.25, 0.3) is 5.91 Å². The molecular formula is C24H24Cl2N8O2. The smallest absolute Gasteiger partial charge is 0.266 e. The van der Waals surface area contributed by atoms with Crippen LogP contribution in [0, 0.1) is 0 Å². The fourth-order valence-electron chi connectivity index (χ4n) is 3.55. The summed E-state index contributed by atoms with van der Waals surface area (Å²) in [5, 5.41) is 9.10. The zero-order chi connectivity index (χ0) is 25.7. The van der Waals surface area contributed by atoms with Crippen LogP contribution in [0.4, 0.5) is 34.6 Å². The number of pyridine rings is 1. The van der Waals surface area contributed by atoms with E-state index in [4.69, 9.17) is 23.2 Å². The van der Waals surface area contributed by atoms with Crippen molar-refractivity contribution in [2.45, 2.75) is 6.92 Å². The number of nitrogens with one attached hydrogen (secondary N) is 3. The van der Waals surface area contributed by atoms with Gasteiger partial charge in [-0.1, -0.05) is 35.8 Å². The molecule has 3 heterocycles. The largest absolute Gasteiger partial charge is 0.353 e. The van der Waals surface area contributed by atoms with Crippen LogP contribution in [0.3, 0.4) is 0 Å². The van der Waals surface area contributed by atoms with Gasteiger partial charge in [-0.05, 0) is 30.3 Å². The van der Waals surface area contributed by atoms with Crippen LogP contribution in [-0.4, -0.2) is 57.8 Å². The summed E-state index contributed by atoms with van der Waals surface area (Å²) in [4.78, 5) is 40.5. The molecule has 1 aliphatic rings. The molecule has 2 amide bonds. The molecule has 36 heavy (non-hydrogen) atoms. The standard InChI is InChI=1S/C24H24Cl2N8O2/c1-15(25)23(36)30-18-5-3-4-17(12-18)29-22-20(26)14-28-24(32-22)31-19-6-7-21(27-13-19)34-10-8-33(9-11-34)16(2)35/h3-7,12-14H,1,8-11H2,2H3,(H,30,36)(H2,28,29,31,32). The van der Waals surface area contributed by atoms with Crippen molar-refractivity contribution in [2.24, 2.45) is 0 Å². The molecule has 10 nitrogen and oxygen atoms in total. The van der Waals surface area contributed by atoms with E-state index >= 15 is 0 Å². The molecule has 2 aromatic heterocycles. The molecule has 4 rings (SSSR count). The van der Waals surface area contributed by atoms with Gasteiger partial charge in [0.05, 0.1) is 23.1 Å². The number of rotatable bonds is 7. The van der Waals surface area contributed by atoms with E-state index in [0.29, 0.717) is 46.9 Å². The summed E-state index contributed by atoms with van der Waals surface area (Å²) in [6.07, 6.45) is 3.19. The van der Waals surface area contributed by atoms with Crippen molar-refractivity contribution in [2.75, 3.05) is 47.0 Å². The number of carbonyl (C=O) groups is 2. The van der Waals surface area contributed by atoms with E-state index in [0.717, 1.165) is 18.9 Å². The Labute approximate surface area is 218 Å². The maximum absolute atomic E-state index is 11.8. The minimum absolute atomic E-state index is 0.0936. The lowest BCUT2D eigenvalue weighted by Gasteiger charge is -2.34. The fraction of sp³-hybridized carbons (Fsp3) is 0.208. The molecule has 0 atom stereocenters. The first-order chi connectivity index (χ1) is 17.3. The Morgan fingerprint density at radius 3 is 2.39 bits per heavy atom. The summed E-state index contributed by atoms with van der Waals surface area (Å²) in [5.74, 6) is 1.16. The molecule has 0 bridgehead atoms. The summed E-state index contributed by atoms with van der Waals surface area (Å²) in [5.41, 5.74) is 1.89. The van der Waals surface area contributed by atoms with Gasteiger partial charge in [0, 0.05) is 44.5 Å². The number of halogens is 2. The molecule has 3 aromatic rings. The van der Waals surface area contributed by atoms with Gasteiger partial charge in [-0.15, -0.1) is 0 Å². The molecule has 1 fully saturated rings. The highest BCUT2D eigenvalue weighted by Gasteiger charge is 2.19. The average molecular weight is 527 g/mol. The Hall–Kier alpha value is -3.89. The predicted octanol–water partition coefficient (Wildman–Crippen LogP) is 4.37. The number of benzene rings is 1. The molecule has 0 unspecified atom stereocenters. The molecule has 0 spiro atoms. The average Bonchev–Trinajstić information content (AvgIpc) is 2.87. The minimum Gasteiger partial charge on any atom is -0.353 e. The van der Waals surface area contributed by atoms with Crippen LogP contribution in [-0.2, 0) is 9.59 Å². The topological polar surface area (TPSA) is 115 Å². The normalized spacial score (nSPS) is 13.2. The summed E-state index contributed by atoms with van der Waals surface area (Å²) >= 11 is 11.9. The van der Waals surface area contributed by atoms with Crippen LogP contribution < -0.4 is 20.9 Å². The zero-order valence-corrected chi connectivity index (χ0v) is 21.0. The van der Waals surface area contributed by atoms with Gasteiger partial charge in [-0.3, -0.25) is 9.59 Å². The number of amides is 2. The van der Waals surface area contributed by atoms with Crippen LogP contribution in [0.25, 0.3) is 0 Å². The second-order valence-corrected chi connectivity index (χ2v) is 8.84. The number of aromatic nitrogens is 3. The Balaban J connectivity index is 1.41. The fourth-order valence-corrected chi connectivity index (χ4v) is 3.74. The molecule has 0 radical (unpaired) electrons. The van der Waals surface area contributed by atoms with Crippen LogP contribution in [0.5, 0.6) is 0 Å². The quantitative estimate of drug-likeness (QED) is 0.388. The highest BCUT2D eigenvalue weighted by molar-refractivity contribution is 6.43. The molecular weight excluding hydrogens is 503 g/mol. The summed E-state index contributed by atoms with van der Waals surface area (Å²) in [6, 6.07) is 10.8. The molecule has 186 valence electrons. The monoisotopic (exact) mass is 526 g/mol. The van der Waals surface area contributed by atoms with Crippen molar-refractivity contribution in [3.8, 4) is 0 Å².